The zero-order valence-corrected chi connectivity index (χ0v) is 14.0. The van der Waals surface area contributed by atoms with Gasteiger partial charge >= 0.3 is 0 Å². The molecule has 0 spiro atoms. The normalized spacial score (nSPS) is 13.7. The summed E-state index contributed by atoms with van der Waals surface area (Å²) >= 11 is 1.61. The second-order valence-corrected chi connectivity index (χ2v) is 7.19. The molecule has 6 nitrogen and oxygen atoms in total. The van der Waals surface area contributed by atoms with E-state index in [-0.39, 0.29) is 17.5 Å². The van der Waals surface area contributed by atoms with Crippen LogP contribution in [0.3, 0.4) is 0 Å². The molecule has 1 aromatic heterocycles. The number of hydrogen-bond acceptors (Lipinski definition) is 5. The van der Waals surface area contributed by atoms with Crippen LogP contribution in [0.5, 0.6) is 0 Å². The topological polar surface area (TPSA) is 84.2 Å². The first kappa shape index (κ1) is 17.5. The average Bonchev–Trinajstić information content (AvgIpc) is 2.64. The highest BCUT2D eigenvalue weighted by molar-refractivity contribution is 7.98. The summed E-state index contributed by atoms with van der Waals surface area (Å²) in [7, 11) is -3.58. The molecule has 1 atom stereocenters. The average molecular weight is 321 g/mol. The van der Waals surface area contributed by atoms with Gasteiger partial charge in [0.25, 0.3) is 0 Å². The fraction of sp³-hybridized carbons (Fsp3) is 0.750. The number of aliphatic hydroxyl groups is 1. The van der Waals surface area contributed by atoms with E-state index in [1.807, 2.05) is 13.2 Å². The number of nitrogens with zero attached hydrogens (tertiary/aromatic N) is 2. The number of rotatable bonds is 8. The van der Waals surface area contributed by atoms with Crippen molar-refractivity contribution >= 4 is 21.8 Å². The summed E-state index contributed by atoms with van der Waals surface area (Å²) in [5.41, 5.74) is 1.02. The highest BCUT2D eigenvalue weighted by Gasteiger charge is 2.26. The maximum absolute atomic E-state index is 12.5. The first-order valence-electron chi connectivity index (χ1n) is 6.53. The van der Waals surface area contributed by atoms with Gasteiger partial charge < -0.3 is 5.11 Å². The van der Waals surface area contributed by atoms with Gasteiger partial charge in [0, 0.05) is 11.8 Å². The minimum absolute atomic E-state index is 0.0705. The molecular formula is C12H23N3O3S2. The molecule has 1 unspecified atom stereocenters. The first-order chi connectivity index (χ1) is 9.37. The Morgan fingerprint density at radius 2 is 2.10 bits per heavy atom. The molecule has 116 valence electrons. The summed E-state index contributed by atoms with van der Waals surface area (Å²) in [5.74, 6) is 0.735. The van der Waals surface area contributed by atoms with Crippen molar-refractivity contribution in [2.45, 2.75) is 44.7 Å². The molecule has 1 heterocycles. The molecule has 2 N–H and O–H groups in total. The van der Waals surface area contributed by atoms with Gasteiger partial charge in [-0.15, -0.1) is 0 Å². The number of aliphatic hydroxyl groups excluding tert-OH is 1. The van der Waals surface area contributed by atoms with Crippen LogP contribution in [0.4, 0.5) is 0 Å². The lowest BCUT2D eigenvalue weighted by atomic mass is 10.3. The molecule has 1 rings (SSSR count). The number of sulfonamides is 1. The van der Waals surface area contributed by atoms with E-state index < -0.39 is 10.0 Å². The highest BCUT2D eigenvalue weighted by atomic mass is 32.2. The predicted octanol–water partition coefficient (Wildman–Crippen LogP) is 0.912. The fourth-order valence-electron chi connectivity index (χ4n) is 2.10. The lowest BCUT2D eigenvalue weighted by Crippen LogP contribution is -2.36. The van der Waals surface area contributed by atoms with Crippen LogP contribution < -0.4 is 4.72 Å². The monoisotopic (exact) mass is 321 g/mol. The van der Waals surface area contributed by atoms with Gasteiger partial charge in [-0.3, -0.25) is 4.68 Å². The molecule has 20 heavy (non-hydrogen) atoms. The highest BCUT2D eigenvalue weighted by Crippen LogP contribution is 2.20. The Balaban J connectivity index is 3.09. The van der Waals surface area contributed by atoms with Crippen molar-refractivity contribution in [3.63, 3.8) is 0 Å². The predicted molar refractivity (Wildman–Crippen MR) is 81.6 cm³/mol. The molecule has 0 aromatic carbocycles. The van der Waals surface area contributed by atoms with E-state index in [9.17, 15) is 8.42 Å². The molecule has 0 saturated carbocycles. The van der Waals surface area contributed by atoms with Gasteiger partial charge in [-0.1, -0.05) is 6.92 Å². The minimum Gasteiger partial charge on any atom is -0.394 e. The smallest absolute Gasteiger partial charge is 0.244 e. The Bertz CT molecular complexity index is 540. The van der Waals surface area contributed by atoms with Crippen LogP contribution in [0.15, 0.2) is 4.90 Å². The molecule has 0 radical (unpaired) electrons. The van der Waals surface area contributed by atoms with Gasteiger partial charge in [-0.25, -0.2) is 13.1 Å². The minimum atomic E-state index is -3.58. The van der Waals surface area contributed by atoms with Crippen LogP contribution in [-0.4, -0.2) is 48.0 Å². The van der Waals surface area contributed by atoms with E-state index in [1.54, 1.807) is 25.6 Å². The Kier molecular flexibility index (Phi) is 6.50. The molecule has 8 heteroatoms. The lowest BCUT2D eigenvalue weighted by molar-refractivity contribution is 0.267. The maximum atomic E-state index is 12.5. The van der Waals surface area contributed by atoms with E-state index in [0.29, 0.717) is 17.9 Å². The van der Waals surface area contributed by atoms with E-state index in [4.69, 9.17) is 5.11 Å². The second kappa shape index (κ2) is 7.44. The number of aryl methyl sites for hydroxylation is 1. The van der Waals surface area contributed by atoms with Crippen molar-refractivity contribution in [3.05, 3.63) is 11.4 Å². The fourth-order valence-corrected chi connectivity index (χ4v) is 4.65. The van der Waals surface area contributed by atoms with E-state index in [2.05, 4.69) is 9.82 Å². The number of hydrogen-bond donors (Lipinski definition) is 2. The summed E-state index contributed by atoms with van der Waals surface area (Å²) in [6, 6.07) is -0.0880. The quantitative estimate of drug-likeness (QED) is 0.743. The summed E-state index contributed by atoms with van der Waals surface area (Å²) in [6.45, 7) is 5.56. The molecule has 0 saturated heterocycles. The third kappa shape index (κ3) is 3.97. The standard InChI is InChI=1S/C12H23N3O3S2/c1-5-11(8-19-4)14-20(17,18)12-9(2)13-15(6-7-16)10(12)3/h11,14,16H,5-8H2,1-4H3. The van der Waals surface area contributed by atoms with Crippen LogP contribution >= 0.6 is 11.8 Å². The molecule has 0 aliphatic rings. The van der Waals surface area contributed by atoms with Crippen molar-refractivity contribution in [1.82, 2.24) is 14.5 Å². The largest absolute Gasteiger partial charge is 0.394 e. The number of thioether (sulfide) groups is 1. The molecule has 1 aromatic rings. The molecule has 0 bridgehead atoms. The second-order valence-electron chi connectivity index (χ2n) is 4.63. The van der Waals surface area contributed by atoms with Crippen molar-refractivity contribution in [2.75, 3.05) is 18.6 Å². The van der Waals surface area contributed by atoms with Gasteiger partial charge in [-0.2, -0.15) is 16.9 Å². The summed E-state index contributed by atoms with van der Waals surface area (Å²) < 4.78 is 29.3. The van der Waals surface area contributed by atoms with Crippen LogP contribution in [0.1, 0.15) is 24.7 Å². The number of nitrogens with one attached hydrogen (secondary N) is 1. The maximum Gasteiger partial charge on any atom is 0.244 e. The Labute approximate surface area is 125 Å². The molecule has 0 amide bonds. The lowest BCUT2D eigenvalue weighted by Gasteiger charge is -2.16. The molecule has 0 aliphatic carbocycles. The van der Waals surface area contributed by atoms with E-state index >= 15 is 0 Å². The van der Waals surface area contributed by atoms with Gasteiger partial charge in [0.05, 0.1) is 24.5 Å². The Hall–Kier alpha value is -0.570. The third-order valence-corrected chi connectivity index (χ3v) is 5.59. The van der Waals surface area contributed by atoms with Crippen molar-refractivity contribution in [2.24, 2.45) is 0 Å². The van der Waals surface area contributed by atoms with Gasteiger partial charge in [0.1, 0.15) is 4.90 Å². The Morgan fingerprint density at radius 1 is 1.45 bits per heavy atom. The zero-order chi connectivity index (χ0) is 15.3. The van der Waals surface area contributed by atoms with Crippen molar-refractivity contribution in [3.8, 4) is 0 Å². The summed E-state index contributed by atoms with van der Waals surface area (Å²) in [4.78, 5) is 0.227. The first-order valence-corrected chi connectivity index (χ1v) is 9.41. The van der Waals surface area contributed by atoms with Crippen molar-refractivity contribution < 1.29 is 13.5 Å². The van der Waals surface area contributed by atoms with Crippen LogP contribution in [0, 0.1) is 13.8 Å². The van der Waals surface area contributed by atoms with Gasteiger partial charge in [-0.05, 0) is 26.5 Å². The molecular weight excluding hydrogens is 298 g/mol. The van der Waals surface area contributed by atoms with Crippen LogP contribution in [0.2, 0.25) is 0 Å². The van der Waals surface area contributed by atoms with E-state index in [0.717, 1.165) is 12.2 Å². The van der Waals surface area contributed by atoms with Crippen LogP contribution in [0.25, 0.3) is 0 Å². The van der Waals surface area contributed by atoms with Gasteiger partial charge in [0.15, 0.2) is 0 Å². The molecule has 0 fully saturated rings. The number of aromatic nitrogens is 2. The summed E-state index contributed by atoms with van der Waals surface area (Å²) in [5, 5.41) is 13.1. The van der Waals surface area contributed by atoms with Crippen molar-refractivity contribution in [1.29, 1.82) is 0 Å². The Morgan fingerprint density at radius 3 is 2.60 bits per heavy atom. The van der Waals surface area contributed by atoms with Crippen LogP contribution in [-0.2, 0) is 16.6 Å². The third-order valence-electron chi connectivity index (χ3n) is 3.08. The SMILES string of the molecule is CCC(CSC)NS(=O)(=O)c1c(C)nn(CCO)c1C. The van der Waals surface area contributed by atoms with E-state index in [1.165, 1.54) is 4.68 Å². The zero-order valence-electron chi connectivity index (χ0n) is 12.4. The van der Waals surface area contributed by atoms with Gasteiger partial charge in [0.2, 0.25) is 10.0 Å². The molecule has 0 aliphatic heterocycles. The summed E-state index contributed by atoms with van der Waals surface area (Å²) in [6.07, 6.45) is 2.69.